The second-order valence-electron chi connectivity index (χ2n) is 6.83. The van der Waals surface area contributed by atoms with Gasteiger partial charge in [-0.15, -0.1) is 0 Å². The molecule has 0 radical (unpaired) electrons. The molecule has 2 amide bonds. The fraction of sp³-hybridized carbons (Fsp3) is 0.579. The van der Waals surface area contributed by atoms with E-state index in [-0.39, 0.29) is 23.8 Å². The molecule has 0 spiro atoms. The lowest BCUT2D eigenvalue weighted by Crippen LogP contribution is -2.48. The molecule has 2 fully saturated rings. The summed E-state index contributed by atoms with van der Waals surface area (Å²) >= 11 is 6.13. The summed E-state index contributed by atoms with van der Waals surface area (Å²) in [7, 11) is 0. The Morgan fingerprint density at radius 1 is 1.08 bits per heavy atom. The van der Waals surface area contributed by atoms with Crippen LogP contribution in [0.5, 0.6) is 0 Å². The van der Waals surface area contributed by atoms with Gasteiger partial charge >= 0.3 is 0 Å². The van der Waals surface area contributed by atoms with Gasteiger partial charge in [0.05, 0.1) is 0 Å². The van der Waals surface area contributed by atoms with Crippen LogP contribution >= 0.6 is 11.6 Å². The average Bonchev–Trinajstić information content (AvgIpc) is 3.10. The molecule has 1 atom stereocenters. The molecule has 1 aliphatic carbocycles. The molecule has 1 aliphatic heterocycles. The van der Waals surface area contributed by atoms with Gasteiger partial charge in [0.1, 0.15) is 6.04 Å². The van der Waals surface area contributed by atoms with E-state index in [1.54, 1.807) is 0 Å². The first kappa shape index (κ1) is 17.3. The van der Waals surface area contributed by atoms with E-state index < -0.39 is 0 Å². The van der Waals surface area contributed by atoms with Crippen LogP contribution in [0.2, 0.25) is 5.02 Å². The molecule has 1 heterocycles. The van der Waals surface area contributed by atoms with Crippen LogP contribution < -0.4 is 5.32 Å². The maximum atomic E-state index is 12.8. The number of hydrogen-bond donors (Lipinski definition) is 1. The van der Waals surface area contributed by atoms with E-state index in [1.807, 2.05) is 29.2 Å². The van der Waals surface area contributed by atoms with Gasteiger partial charge in [-0.3, -0.25) is 9.59 Å². The number of hydrogen-bond acceptors (Lipinski definition) is 2. The highest BCUT2D eigenvalue weighted by Crippen LogP contribution is 2.29. The number of rotatable bonds is 4. The highest BCUT2D eigenvalue weighted by molar-refractivity contribution is 6.31. The van der Waals surface area contributed by atoms with Crippen LogP contribution in [-0.4, -0.2) is 29.3 Å². The number of amides is 2. The molecule has 130 valence electrons. The summed E-state index contributed by atoms with van der Waals surface area (Å²) in [5.41, 5.74) is 0.899. The first-order valence-corrected chi connectivity index (χ1v) is 9.36. The minimum atomic E-state index is -0.318. The minimum absolute atomic E-state index is 0.0587. The van der Waals surface area contributed by atoms with Gasteiger partial charge in [-0.1, -0.05) is 49.1 Å². The Bertz CT molecular complexity index is 599. The Morgan fingerprint density at radius 2 is 1.83 bits per heavy atom. The van der Waals surface area contributed by atoms with Crippen molar-refractivity contribution in [2.75, 3.05) is 6.54 Å². The van der Waals surface area contributed by atoms with Crippen molar-refractivity contribution in [3.63, 3.8) is 0 Å². The van der Waals surface area contributed by atoms with E-state index in [4.69, 9.17) is 11.6 Å². The highest BCUT2D eigenvalue weighted by atomic mass is 35.5. The van der Waals surface area contributed by atoms with Crippen LogP contribution in [0.15, 0.2) is 24.3 Å². The molecule has 0 aromatic heterocycles. The van der Waals surface area contributed by atoms with Crippen molar-refractivity contribution in [1.29, 1.82) is 0 Å². The number of benzene rings is 1. The number of nitrogens with one attached hydrogen (secondary N) is 1. The Hall–Kier alpha value is -1.55. The van der Waals surface area contributed by atoms with Crippen molar-refractivity contribution in [2.45, 2.75) is 57.5 Å². The summed E-state index contributed by atoms with van der Waals surface area (Å²) in [6.07, 6.45) is 7.11. The van der Waals surface area contributed by atoms with E-state index in [0.29, 0.717) is 18.1 Å². The summed E-state index contributed by atoms with van der Waals surface area (Å²) < 4.78 is 0. The average molecular weight is 349 g/mol. The lowest BCUT2D eigenvalue weighted by molar-refractivity contribution is -0.142. The summed E-state index contributed by atoms with van der Waals surface area (Å²) in [5.74, 6) is 0.248. The Labute approximate surface area is 148 Å². The van der Waals surface area contributed by atoms with Crippen molar-refractivity contribution in [2.24, 2.45) is 5.92 Å². The van der Waals surface area contributed by atoms with Gasteiger partial charge in [-0.2, -0.15) is 0 Å². The SMILES string of the molecule is O=C(NCc1ccccc1Cl)C1CCCN1C(=O)C1CCCCC1. The monoisotopic (exact) mass is 348 g/mol. The molecule has 2 aliphatic rings. The van der Waals surface area contributed by atoms with E-state index in [2.05, 4.69) is 5.32 Å². The molecule has 4 nitrogen and oxygen atoms in total. The Kier molecular flexibility index (Phi) is 5.77. The molecular formula is C19H25ClN2O2. The fourth-order valence-corrected chi connectivity index (χ4v) is 4.03. The van der Waals surface area contributed by atoms with Gasteiger partial charge in [0.25, 0.3) is 0 Å². The van der Waals surface area contributed by atoms with E-state index in [1.165, 1.54) is 6.42 Å². The van der Waals surface area contributed by atoms with Gasteiger partial charge in [0.2, 0.25) is 11.8 Å². The fourth-order valence-electron chi connectivity index (χ4n) is 3.83. The first-order chi connectivity index (χ1) is 11.7. The lowest BCUT2D eigenvalue weighted by atomic mass is 9.88. The van der Waals surface area contributed by atoms with Crippen LogP contribution in [0.3, 0.4) is 0 Å². The molecule has 1 unspecified atom stereocenters. The third-order valence-electron chi connectivity index (χ3n) is 5.20. The molecule has 1 saturated heterocycles. The smallest absolute Gasteiger partial charge is 0.243 e. The predicted octanol–water partition coefficient (Wildman–Crippen LogP) is 3.53. The number of carbonyl (C=O) groups is 2. The second-order valence-corrected chi connectivity index (χ2v) is 7.24. The Balaban J connectivity index is 1.59. The van der Waals surface area contributed by atoms with E-state index in [9.17, 15) is 9.59 Å². The minimum Gasteiger partial charge on any atom is -0.350 e. The van der Waals surface area contributed by atoms with Crippen molar-refractivity contribution in [1.82, 2.24) is 10.2 Å². The van der Waals surface area contributed by atoms with E-state index in [0.717, 1.165) is 44.1 Å². The second kappa shape index (κ2) is 8.02. The molecule has 24 heavy (non-hydrogen) atoms. The standard InChI is InChI=1S/C19H25ClN2O2/c20-16-10-5-4-9-15(16)13-21-18(23)17-11-6-12-22(17)19(24)14-7-2-1-3-8-14/h4-5,9-10,14,17H,1-3,6-8,11-13H2,(H,21,23). The molecule has 1 N–H and O–H groups in total. The first-order valence-electron chi connectivity index (χ1n) is 8.98. The molecule has 1 aromatic carbocycles. The van der Waals surface area contributed by atoms with Crippen LogP contribution in [-0.2, 0) is 16.1 Å². The zero-order valence-corrected chi connectivity index (χ0v) is 14.7. The van der Waals surface area contributed by atoms with Crippen molar-refractivity contribution in [3.05, 3.63) is 34.9 Å². The summed E-state index contributed by atoms with van der Waals surface area (Å²) in [6.45, 7) is 1.11. The third kappa shape index (κ3) is 3.92. The van der Waals surface area contributed by atoms with E-state index >= 15 is 0 Å². The van der Waals surface area contributed by atoms with Gasteiger partial charge in [0.15, 0.2) is 0 Å². The van der Waals surface area contributed by atoms with Crippen molar-refractivity contribution >= 4 is 23.4 Å². The van der Waals surface area contributed by atoms with Crippen LogP contribution in [0.1, 0.15) is 50.5 Å². The van der Waals surface area contributed by atoms with Gasteiger partial charge in [0, 0.05) is 24.0 Å². The normalized spacial score (nSPS) is 21.7. The molecular weight excluding hydrogens is 324 g/mol. The Morgan fingerprint density at radius 3 is 2.58 bits per heavy atom. The van der Waals surface area contributed by atoms with Crippen LogP contribution in [0.4, 0.5) is 0 Å². The van der Waals surface area contributed by atoms with Crippen molar-refractivity contribution < 1.29 is 9.59 Å². The number of halogens is 1. The zero-order chi connectivity index (χ0) is 16.9. The maximum Gasteiger partial charge on any atom is 0.243 e. The van der Waals surface area contributed by atoms with Gasteiger partial charge < -0.3 is 10.2 Å². The topological polar surface area (TPSA) is 49.4 Å². The van der Waals surface area contributed by atoms with Crippen molar-refractivity contribution in [3.8, 4) is 0 Å². The quantitative estimate of drug-likeness (QED) is 0.904. The zero-order valence-electron chi connectivity index (χ0n) is 14.0. The molecule has 5 heteroatoms. The largest absolute Gasteiger partial charge is 0.350 e. The number of likely N-dealkylation sites (tertiary alicyclic amines) is 1. The van der Waals surface area contributed by atoms with Gasteiger partial charge in [-0.05, 0) is 37.3 Å². The summed E-state index contributed by atoms with van der Waals surface area (Å²) in [4.78, 5) is 27.2. The van der Waals surface area contributed by atoms with Gasteiger partial charge in [-0.25, -0.2) is 0 Å². The van der Waals surface area contributed by atoms with Crippen LogP contribution in [0, 0.1) is 5.92 Å². The highest BCUT2D eigenvalue weighted by Gasteiger charge is 2.37. The summed E-state index contributed by atoms with van der Waals surface area (Å²) in [6, 6.07) is 7.18. The summed E-state index contributed by atoms with van der Waals surface area (Å²) in [5, 5.41) is 3.60. The van der Waals surface area contributed by atoms with Crippen LogP contribution in [0.25, 0.3) is 0 Å². The lowest BCUT2D eigenvalue weighted by Gasteiger charge is -2.30. The third-order valence-corrected chi connectivity index (χ3v) is 5.57. The molecule has 1 aromatic rings. The molecule has 3 rings (SSSR count). The predicted molar refractivity (Wildman–Crippen MR) is 94.6 cm³/mol. The molecule has 1 saturated carbocycles. The number of nitrogens with zero attached hydrogens (tertiary/aromatic N) is 1. The molecule has 0 bridgehead atoms. The maximum absolute atomic E-state index is 12.8. The number of carbonyl (C=O) groups excluding carboxylic acids is 2.